The van der Waals surface area contributed by atoms with Gasteiger partial charge in [0.25, 0.3) is 5.69 Å². The average Bonchev–Trinajstić information content (AvgIpc) is 2.20. The molecule has 0 aromatic heterocycles. The Bertz CT molecular complexity index is 439. The van der Waals surface area contributed by atoms with Crippen LogP contribution in [-0.4, -0.2) is 36.8 Å². The summed E-state index contributed by atoms with van der Waals surface area (Å²) in [6.07, 6.45) is 0. The van der Waals surface area contributed by atoms with Gasteiger partial charge < -0.3 is 4.90 Å². The van der Waals surface area contributed by atoms with E-state index in [9.17, 15) is 10.1 Å². The molecule has 0 aliphatic heterocycles. The zero-order chi connectivity index (χ0) is 12.3. The van der Waals surface area contributed by atoms with Crippen LogP contribution in [0.4, 0.5) is 5.69 Å². The van der Waals surface area contributed by atoms with E-state index in [0.29, 0.717) is 5.56 Å². The summed E-state index contributed by atoms with van der Waals surface area (Å²) >= 11 is 0. The van der Waals surface area contributed by atoms with Crippen LogP contribution in [0.5, 0.6) is 0 Å². The number of nitro groups is 1. The Hall–Kier alpha value is -1.91. The van der Waals surface area contributed by atoms with Crippen LogP contribution in [0.15, 0.2) is 23.2 Å². The topological polar surface area (TPSA) is 58.7 Å². The molecule has 86 valence electrons. The maximum Gasteiger partial charge on any atom is 0.273 e. The Balaban J connectivity index is 3.36. The summed E-state index contributed by atoms with van der Waals surface area (Å²) in [5.74, 6) is 0.737. The monoisotopic (exact) mass is 221 g/mol. The first-order valence-electron chi connectivity index (χ1n) is 4.87. The number of aliphatic imine (C=N–C) groups is 1. The summed E-state index contributed by atoms with van der Waals surface area (Å²) in [4.78, 5) is 16.4. The molecule has 0 heterocycles. The highest BCUT2D eigenvalue weighted by Gasteiger charge is 2.16. The number of nitrogens with zero attached hydrogens (tertiary/aromatic N) is 3. The lowest BCUT2D eigenvalue weighted by Gasteiger charge is -2.16. The van der Waals surface area contributed by atoms with Gasteiger partial charge in [0.1, 0.15) is 5.84 Å². The highest BCUT2D eigenvalue weighted by molar-refractivity contribution is 6.00. The van der Waals surface area contributed by atoms with E-state index in [2.05, 4.69) is 4.99 Å². The van der Waals surface area contributed by atoms with E-state index < -0.39 is 0 Å². The Labute approximate surface area is 94.6 Å². The fraction of sp³-hybridized carbons (Fsp3) is 0.364. The minimum atomic E-state index is -0.373. The summed E-state index contributed by atoms with van der Waals surface area (Å²) in [5, 5.41) is 10.8. The van der Waals surface area contributed by atoms with Crippen LogP contribution in [0, 0.1) is 17.0 Å². The number of nitro benzene ring substituents is 1. The van der Waals surface area contributed by atoms with Crippen LogP contribution in [-0.2, 0) is 0 Å². The van der Waals surface area contributed by atoms with E-state index >= 15 is 0 Å². The molecule has 0 saturated carbocycles. The predicted molar refractivity (Wildman–Crippen MR) is 64.0 cm³/mol. The molecule has 0 spiro atoms. The molecule has 0 radical (unpaired) electrons. The van der Waals surface area contributed by atoms with Crippen molar-refractivity contribution in [2.24, 2.45) is 4.99 Å². The molecule has 1 aromatic carbocycles. The van der Waals surface area contributed by atoms with E-state index in [0.717, 1.165) is 11.4 Å². The SMILES string of the molecule is CN=C(c1cccc([N+](=O)[O-])c1C)N(C)C. The Kier molecular flexibility index (Phi) is 3.60. The molecule has 5 nitrogen and oxygen atoms in total. The first-order chi connectivity index (χ1) is 7.49. The van der Waals surface area contributed by atoms with E-state index in [4.69, 9.17) is 0 Å². The van der Waals surface area contributed by atoms with Gasteiger partial charge in [-0.2, -0.15) is 0 Å². The van der Waals surface area contributed by atoms with Gasteiger partial charge in [0.05, 0.1) is 4.92 Å². The van der Waals surface area contributed by atoms with Crippen LogP contribution in [0.1, 0.15) is 11.1 Å². The van der Waals surface area contributed by atoms with Crippen LogP contribution in [0.25, 0.3) is 0 Å². The molecular weight excluding hydrogens is 206 g/mol. The molecule has 0 N–H and O–H groups in total. The van der Waals surface area contributed by atoms with Gasteiger partial charge in [0.15, 0.2) is 0 Å². The van der Waals surface area contributed by atoms with Crippen LogP contribution in [0.2, 0.25) is 0 Å². The first-order valence-corrected chi connectivity index (χ1v) is 4.87. The molecule has 0 unspecified atom stereocenters. The second kappa shape index (κ2) is 4.74. The van der Waals surface area contributed by atoms with Crippen LogP contribution < -0.4 is 0 Å². The third-order valence-electron chi connectivity index (χ3n) is 2.38. The molecular formula is C11H15N3O2. The van der Waals surface area contributed by atoms with E-state index in [1.54, 1.807) is 20.0 Å². The fourth-order valence-corrected chi connectivity index (χ4v) is 1.62. The largest absolute Gasteiger partial charge is 0.363 e. The summed E-state index contributed by atoms with van der Waals surface area (Å²) in [7, 11) is 5.40. The van der Waals surface area contributed by atoms with Gasteiger partial charge in [-0.15, -0.1) is 0 Å². The quantitative estimate of drug-likeness (QED) is 0.331. The van der Waals surface area contributed by atoms with Crippen molar-refractivity contribution in [3.8, 4) is 0 Å². The molecule has 0 aliphatic carbocycles. The normalized spacial score (nSPS) is 11.4. The van der Waals surface area contributed by atoms with E-state index in [-0.39, 0.29) is 10.6 Å². The van der Waals surface area contributed by atoms with Gasteiger partial charge in [-0.3, -0.25) is 15.1 Å². The summed E-state index contributed by atoms with van der Waals surface area (Å²) in [5.41, 5.74) is 1.56. The second-order valence-corrected chi connectivity index (χ2v) is 3.65. The molecule has 0 amide bonds. The standard InChI is InChI=1S/C11H15N3O2/c1-8-9(11(12-2)13(3)4)6-5-7-10(8)14(15)16/h5-7H,1-4H3. The van der Waals surface area contributed by atoms with Gasteiger partial charge in [0.2, 0.25) is 0 Å². The number of rotatable bonds is 2. The molecule has 0 bridgehead atoms. The highest BCUT2D eigenvalue weighted by atomic mass is 16.6. The molecule has 0 saturated heterocycles. The van der Waals surface area contributed by atoms with Crippen molar-refractivity contribution in [2.45, 2.75) is 6.92 Å². The third kappa shape index (κ3) is 2.18. The smallest absolute Gasteiger partial charge is 0.273 e. The van der Waals surface area contributed by atoms with Gasteiger partial charge in [-0.05, 0) is 6.92 Å². The Morgan fingerprint density at radius 2 is 2.06 bits per heavy atom. The lowest BCUT2D eigenvalue weighted by molar-refractivity contribution is -0.385. The number of benzene rings is 1. The molecule has 1 aromatic rings. The Morgan fingerprint density at radius 3 is 2.50 bits per heavy atom. The molecule has 0 atom stereocenters. The highest BCUT2D eigenvalue weighted by Crippen LogP contribution is 2.22. The predicted octanol–water partition coefficient (Wildman–Crippen LogP) is 1.84. The zero-order valence-electron chi connectivity index (χ0n) is 9.89. The maximum atomic E-state index is 10.8. The zero-order valence-corrected chi connectivity index (χ0v) is 9.89. The lowest BCUT2D eigenvalue weighted by atomic mass is 10.1. The molecule has 5 heteroatoms. The van der Waals surface area contributed by atoms with Crippen LogP contribution in [0.3, 0.4) is 0 Å². The number of hydrogen-bond acceptors (Lipinski definition) is 3. The molecule has 1 rings (SSSR count). The van der Waals surface area contributed by atoms with Crippen molar-refractivity contribution in [3.05, 3.63) is 39.4 Å². The van der Waals surface area contributed by atoms with Crippen molar-refractivity contribution in [3.63, 3.8) is 0 Å². The van der Waals surface area contributed by atoms with Gasteiger partial charge in [0, 0.05) is 38.3 Å². The van der Waals surface area contributed by atoms with Crippen molar-refractivity contribution in [2.75, 3.05) is 21.1 Å². The number of hydrogen-bond donors (Lipinski definition) is 0. The van der Waals surface area contributed by atoms with Gasteiger partial charge in [-0.1, -0.05) is 12.1 Å². The van der Waals surface area contributed by atoms with Gasteiger partial charge >= 0.3 is 0 Å². The molecule has 16 heavy (non-hydrogen) atoms. The summed E-state index contributed by atoms with van der Waals surface area (Å²) in [6, 6.07) is 5.02. The van der Waals surface area contributed by atoms with Crippen molar-refractivity contribution in [1.82, 2.24) is 4.90 Å². The van der Waals surface area contributed by atoms with Gasteiger partial charge in [-0.25, -0.2) is 0 Å². The van der Waals surface area contributed by atoms with E-state index in [1.165, 1.54) is 6.07 Å². The minimum absolute atomic E-state index is 0.125. The number of amidine groups is 1. The third-order valence-corrected chi connectivity index (χ3v) is 2.38. The van der Waals surface area contributed by atoms with Crippen molar-refractivity contribution < 1.29 is 4.92 Å². The van der Waals surface area contributed by atoms with Crippen molar-refractivity contribution in [1.29, 1.82) is 0 Å². The summed E-state index contributed by atoms with van der Waals surface area (Å²) in [6.45, 7) is 1.74. The fourth-order valence-electron chi connectivity index (χ4n) is 1.62. The first kappa shape index (κ1) is 12.2. The second-order valence-electron chi connectivity index (χ2n) is 3.65. The van der Waals surface area contributed by atoms with Crippen molar-refractivity contribution >= 4 is 11.5 Å². The Morgan fingerprint density at radius 1 is 1.44 bits per heavy atom. The molecule has 0 aliphatic rings. The lowest BCUT2D eigenvalue weighted by Crippen LogP contribution is -2.24. The summed E-state index contributed by atoms with van der Waals surface area (Å²) < 4.78 is 0. The molecule has 0 fully saturated rings. The minimum Gasteiger partial charge on any atom is -0.363 e. The maximum absolute atomic E-state index is 10.8. The van der Waals surface area contributed by atoms with Crippen LogP contribution >= 0.6 is 0 Å². The average molecular weight is 221 g/mol. The van der Waals surface area contributed by atoms with E-state index in [1.807, 2.05) is 25.1 Å².